The maximum Gasteiger partial charge on any atom is 0.260 e. The van der Waals surface area contributed by atoms with Crippen LogP contribution in [-0.2, 0) is 4.79 Å². The fraction of sp³-hybridized carbons (Fsp3) is 0.611. The molecule has 0 aromatic heterocycles. The van der Waals surface area contributed by atoms with Gasteiger partial charge in [-0.25, -0.2) is 0 Å². The molecule has 0 spiro atoms. The van der Waals surface area contributed by atoms with Crippen molar-refractivity contribution in [2.45, 2.75) is 45.1 Å². The molecule has 1 aliphatic rings. The first-order chi connectivity index (χ1) is 11.2. The number of para-hydroxylation sites is 1. The van der Waals surface area contributed by atoms with E-state index in [1.165, 1.54) is 19.3 Å². The molecule has 0 bridgehead atoms. The molecule has 1 amide bonds. The third-order valence-electron chi connectivity index (χ3n) is 4.40. The summed E-state index contributed by atoms with van der Waals surface area (Å²) in [5, 5.41) is 0. The van der Waals surface area contributed by atoms with Crippen molar-refractivity contribution in [1.82, 2.24) is 4.90 Å². The van der Waals surface area contributed by atoms with Crippen LogP contribution in [0.15, 0.2) is 18.2 Å². The molecule has 0 aliphatic heterocycles. The summed E-state index contributed by atoms with van der Waals surface area (Å²) in [6, 6.07) is 5.76. The van der Waals surface area contributed by atoms with Crippen LogP contribution >= 0.6 is 0 Å². The summed E-state index contributed by atoms with van der Waals surface area (Å²) in [7, 11) is 3.15. The second-order valence-electron chi connectivity index (χ2n) is 5.75. The molecule has 0 N–H and O–H groups in total. The summed E-state index contributed by atoms with van der Waals surface area (Å²) in [5.74, 6) is 1.63. The van der Waals surface area contributed by atoms with Crippen molar-refractivity contribution in [3.8, 4) is 17.2 Å². The number of likely N-dealkylation sites (N-methyl/N-ethyl adjacent to an activating group) is 1. The highest BCUT2D eigenvalue weighted by Gasteiger charge is 2.25. The maximum atomic E-state index is 12.6. The predicted molar refractivity (Wildman–Crippen MR) is 89.3 cm³/mol. The van der Waals surface area contributed by atoms with Gasteiger partial charge >= 0.3 is 0 Å². The second kappa shape index (κ2) is 8.65. The number of rotatable bonds is 7. The van der Waals surface area contributed by atoms with Gasteiger partial charge in [-0.2, -0.15) is 0 Å². The number of amides is 1. The minimum Gasteiger partial charge on any atom is -0.493 e. The second-order valence-corrected chi connectivity index (χ2v) is 5.75. The highest BCUT2D eigenvalue weighted by atomic mass is 16.5. The van der Waals surface area contributed by atoms with Crippen LogP contribution in [-0.4, -0.2) is 44.2 Å². The van der Waals surface area contributed by atoms with E-state index in [0.29, 0.717) is 23.3 Å². The first-order valence-electron chi connectivity index (χ1n) is 8.34. The molecule has 5 nitrogen and oxygen atoms in total. The number of ether oxygens (including phenoxy) is 3. The van der Waals surface area contributed by atoms with Gasteiger partial charge in [0.25, 0.3) is 5.91 Å². The van der Waals surface area contributed by atoms with Crippen LogP contribution in [0.4, 0.5) is 0 Å². The summed E-state index contributed by atoms with van der Waals surface area (Å²) in [6.07, 6.45) is 5.87. The number of carbonyl (C=O) groups excluding carboxylic acids is 1. The van der Waals surface area contributed by atoms with Crippen LogP contribution in [0.5, 0.6) is 17.2 Å². The Morgan fingerprint density at radius 2 is 1.74 bits per heavy atom. The number of carbonyl (C=O) groups is 1. The topological polar surface area (TPSA) is 48.0 Å². The lowest BCUT2D eigenvalue weighted by Crippen LogP contribution is -2.43. The van der Waals surface area contributed by atoms with E-state index in [0.717, 1.165) is 19.4 Å². The van der Waals surface area contributed by atoms with E-state index in [2.05, 4.69) is 0 Å². The van der Waals surface area contributed by atoms with Gasteiger partial charge in [-0.1, -0.05) is 25.3 Å². The fourth-order valence-corrected chi connectivity index (χ4v) is 3.21. The van der Waals surface area contributed by atoms with Gasteiger partial charge in [-0.3, -0.25) is 4.79 Å². The molecule has 1 saturated carbocycles. The molecular formula is C18H27NO4. The van der Waals surface area contributed by atoms with Crippen molar-refractivity contribution < 1.29 is 19.0 Å². The van der Waals surface area contributed by atoms with Gasteiger partial charge < -0.3 is 19.1 Å². The van der Waals surface area contributed by atoms with Gasteiger partial charge in [0.05, 0.1) is 14.2 Å². The average molecular weight is 321 g/mol. The Bertz CT molecular complexity index is 489. The summed E-state index contributed by atoms with van der Waals surface area (Å²) in [5.41, 5.74) is 0. The summed E-state index contributed by atoms with van der Waals surface area (Å²) < 4.78 is 16.3. The lowest BCUT2D eigenvalue weighted by atomic mass is 9.94. The largest absolute Gasteiger partial charge is 0.493 e. The summed E-state index contributed by atoms with van der Waals surface area (Å²) >= 11 is 0. The monoisotopic (exact) mass is 321 g/mol. The molecule has 5 heteroatoms. The van der Waals surface area contributed by atoms with E-state index in [1.807, 2.05) is 17.9 Å². The van der Waals surface area contributed by atoms with Gasteiger partial charge in [0.2, 0.25) is 5.75 Å². The Labute approximate surface area is 138 Å². The van der Waals surface area contributed by atoms with Crippen LogP contribution in [0.2, 0.25) is 0 Å². The summed E-state index contributed by atoms with van der Waals surface area (Å²) in [4.78, 5) is 14.5. The number of nitrogens with zero attached hydrogens (tertiary/aromatic N) is 1. The molecule has 2 rings (SSSR count). The Kier molecular flexibility index (Phi) is 6.56. The van der Waals surface area contributed by atoms with E-state index in [-0.39, 0.29) is 12.5 Å². The van der Waals surface area contributed by atoms with E-state index in [4.69, 9.17) is 14.2 Å². The maximum absolute atomic E-state index is 12.6. The van der Waals surface area contributed by atoms with Crippen molar-refractivity contribution in [3.63, 3.8) is 0 Å². The Balaban J connectivity index is 2.03. The minimum atomic E-state index is 0.00106. The Morgan fingerprint density at radius 1 is 1.13 bits per heavy atom. The van der Waals surface area contributed by atoms with Crippen LogP contribution in [0.1, 0.15) is 39.0 Å². The molecule has 0 radical (unpaired) electrons. The third-order valence-corrected chi connectivity index (χ3v) is 4.40. The number of hydrogen-bond donors (Lipinski definition) is 0. The number of benzene rings is 1. The first-order valence-corrected chi connectivity index (χ1v) is 8.34. The van der Waals surface area contributed by atoms with Gasteiger partial charge in [0.15, 0.2) is 18.1 Å². The predicted octanol–water partition coefficient (Wildman–Crippen LogP) is 3.26. The molecule has 0 heterocycles. The van der Waals surface area contributed by atoms with E-state index in [9.17, 15) is 4.79 Å². The Morgan fingerprint density at radius 3 is 2.26 bits per heavy atom. The van der Waals surface area contributed by atoms with Crippen LogP contribution < -0.4 is 14.2 Å². The quantitative estimate of drug-likeness (QED) is 0.773. The molecule has 1 fully saturated rings. The van der Waals surface area contributed by atoms with Crippen molar-refractivity contribution in [2.24, 2.45) is 0 Å². The molecule has 0 saturated heterocycles. The van der Waals surface area contributed by atoms with Crippen molar-refractivity contribution in [2.75, 3.05) is 27.4 Å². The van der Waals surface area contributed by atoms with Crippen LogP contribution in [0, 0.1) is 0 Å². The number of hydrogen-bond acceptors (Lipinski definition) is 4. The zero-order valence-corrected chi connectivity index (χ0v) is 14.3. The molecule has 128 valence electrons. The first kappa shape index (κ1) is 17.4. The Hall–Kier alpha value is -1.91. The highest BCUT2D eigenvalue weighted by molar-refractivity contribution is 5.78. The zero-order valence-electron chi connectivity index (χ0n) is 14.3. The van der Waals surface area contributed by atoms with Gasteiger partial charge in [-0.05, 0) is 31.9 Å². The number of methoxy groups -OCH3 is 2. The normalized spacial score (nSPS) is 15.1. The SMILES string of the molecule is CCN(C(=O)COc1c(OC)cccc1OC)C1CCCCC1. The van der Waals surface area contributed by atoms with E-state index in [1.54, 1.807) is 26.4 Å². The molecule has 1 aliphatic carbocycles. The smallest absolute Gasteiger partial charge is 0.260 e. The molecule has 1 aromatic carbocycles. The van der Waals surface area contributed by atoms with Crippen molar-refractivity contribution >= 4 is 5.91 Å². The highest BCUT2D eigenvalue weighted by Crippen LogP contribution is 2.36. The molecular weight excluding hydrogens is 294 g/mol. The average Bonchev–Trinajstić information content (AvgIpc) is 2.61. The van der Waals surface area contributed by atoms with E-state index >= 15 is 0 Å². The van der Waals surface area contributed by atoms with Crippen molar-refractivity contribution in [1.29, 1.82) is 0 Å². The van der Waals surface area contributed by atoms with Crippen LogP contribution in [0.3, 0.4) is 0 Å². The van der Waals surface area contributed by atoms with Gasteiger partial charge in [-0.15, -0.1) is 0 Å². The molecule has 23 heavy (non-hydrogen) atoms. The lowest BCUT2D eigenvalue weighted by Gasteiger charge is -2.33. The van der Waals surface area contributed by atoms with Gasteiger partial charge in [0.1, 0.15) is 0 Å². The minimum absolute atomic E-state index is 0.00106. The molecule has 1 aromatic rings. The van der Waals surface area contributed by atoms with Crippen LogP contribution in [0.25, 0.3) is 0 Å². The third kappa shape index (κ3) is 4.30. The molecule has 0 unspecified atom stereocenters. The van der Waals surface area contributed by atoms with Gasteiger partial charge in [0, 0.05) is 12.6 Å². The molecule has 0 atom stereocenters. The van der Waals surface area contributed by atoms with E-state index < -0.39 is 0 Å². The zero-order chi connectivity index (χ0) is 16.7. The lowest BCUT2D eigenvalue weighted by molar-refractivity contribution is -0.136. The fourth-order valence-electron chi connectivity index (χ4n) is 3.21. The summed E-state index contributed by atoms with van der Waals surface area (Å²) in [6.45, 7) is 2.74. The van der Waals surface area contributed by atoms with Crippen molar-refractivity contribution in [3.05, 3.63) is 18.2 Å². The standard InChI is InChI=1S/C18H27NO4/c1-4-19(14-9-6-5-7-10-14)17(20)13-23-18-15(21-2)11-8-12-16(18)22-3/h8,11-12,14H,4-7,9-10,13H2,1-3H3.